The number of benzene rings is 1. The van der Waals surface area contributed by atoms with Crippen LogP contribution in [-0.2, 0) is 4.79 Å². The number of ether oxygens (including phenoxy) is 1. The van der Waals surface area contributed by atoms with E-state index < -0.39 is 11.9 Å². The predicted molar refractivity (Wildman–Crippen MR) is 73.7 cm³/mol. The van der Waals surface area contributed by atoms with Crippen LogP contribution in [0, 0.1) is 11.8 Å². The summed E-state index contributed by atoms with van der Waals surface area (Å²) in [4.78, 5) is 11.4. The first-order valence-corrected chi connectivity index (χ1v) is 6.87. The van der Waals surface area contributed by atoms with Crippen LogP contribution in [0.5, 0.6) is 5.75 Å². The van der Waals surface area contributed by atoms with Crippen molar-refractivity contribution in [3.8, 4) is 5.75 Å². The third-order valence-corrected chi connectivity index (χ3v) is 3.84. The Balaban J connectivity index is 1.97. The number of aliphatic carboxylic acids is 1. The molecule has 1 fully saturated rings. The minimum atomic E-state index is -0.793. The highest BCUT2D eigenvalue weighted by atomic mass is 35.5. The summed E-state index contributed by atoms with van der Waals surface area (Å²) < 4.78 is 5.58. The maximum atomic E-state index is 11.4. The molecule has 2 rings (SSSR count). The number of nitrogens with one attached hydrogen (secondary N) is 1. The molecule has 0 aliphatic carbocycles. The van der Waals surface area contributed by atoms with Crippen molar-refractivity contribution in [2.24, 2.45) is 11.8 Å². The van der Waals surface area contributed by atoms with Crippen molar-refractivity contribution in [2.45, 2.75) is 12.8 Å². The van der Waals surface area contributed by atoms with E-state index in [0.717, 1.165) is 25.9 Å². The Morgan fingerprint density at radius 2 is 2.11 bits per heavy atom. The topological polar surface area (TPSA) is 58.6 Å². The average Bonchev–Trinajstić information content (AvgIpc) is 2.42. The van der Waals surface area contributed by atoms with Crippen molar-refractivity contribution in [1.82, 2.24) is 5.32 Å². The van der Waals surface area contributed by atoms with Crippen LogP contribution in [0.15, 0.2) is 24.3 Å². The lowest BCUT2D eigenvalue weighted by Crippen LogP contribution is -2.37. The number of carbonyl (C=O) groups is 1. The smallest absolute Gasteiger partial charge is 0.310 e. The molecular weight excluding hydrogens is 266 g/mol. The molecule has 104 valence electrons. The van der Waals surface area contributed by atoms with Crippen LogP contribution in [0.3, 0.4) is 0 Å². The lowest BCUT2D eigenvalue weighted by Gasteiger charge is -2.28. The molecule has 1 aliphatic rings. The average molecular weight is 284 g/mol. The summed E-state index contributed by atoms with van der Waals surface area (Å²) in [6.45, 7) is 1.92. The molecule has 2 N–H and O–H groups in total. The standard InChI is InChI=1S/C14H18ClNO3/c15-12-3-1-2-4-13(12)19-9-11(14(17)18)10-5-7-16-8-6-10/h1-4,10-11,16H,5-9H2,(H,17,18). The van der Waals surface area contributed by atoms with Gasteiger partial charge in [-0.15, -0.1) is 0 Å². The second-order valence-electron chi connectivity index (χ2n) is 4.77. The highest BCUT2D eigenvalue weighted by molar-refractivity contribution is 6.32. The molecule has 1 aromatic carbocycles. The molecule has 0 radical (unpaired) electrons. The van der Waals surface area contributed by atoms with Crippen LogP contribution < -0.4 is 10.1 Å². The van der Waals surface area contributed by atoms with E-state index in [1.807, 2.05) is 12.1 Å². The molecule has 19 heavy (non-hydrogen) atoms. The highest BCUT2D eigenvalue weighted by Gasteiger charge is 2.30. The van der Waals surface area contributed by atoms with Crippen LogP contribution in [0.1, 0.15) is 12.8 Å². The summed E-state index contributed by atoms with van der Waals surface area (Å²) in [6, 6.07) is 7.12. The Morgan fingerprint density at radius 3 is 2.74 bits per heavy atom. The van der Waals surface area contributed by atoms with E-state index in [-0.39, 0.29) is 12.5 Å². The molecule has 0 aromatic heterocycles. The Kier molecular flexibility index (Phi) is 5.05. The minimum Gasteiger partial charge on any atom is -0.491 e. The fraction of sp³-hybridized carbons (Fsp3) is 0.500. The number of hydrogen-bond donors (Lipinski definition) is 2. The van der Waals surface area contributed by atoms with Crippen LogP contribution in [0.2, 0.25) is 5.02 Å². The van der Waals surface area contributed by atoms with Gasteiger partial charge in [0.05, 0.1) is 10.9 Å². The molecule has 0 saturated carbocycles. The van der Waals surface area contributed by atoms with Crippen LogP contribution >= 0.6 is 11.6 Å². The predicted octanol–water partition coefficient (Wildman–Crippen LogP) is 2.42. The minimum absolute atomic E-state index is 0.168. The fourth-order valence-corrected chi connectivity index (χ4v) is 2.59. The number of piperidine rings is 1. The van der Waals surface area contributed by atoms with Crippen molar-refractivity contribution in [1.29, 1.82) is 0 Å². The quantitative estimate of drug-likeness (QED) is 0.871. The van der Waals surface area contributed by atoms with Crippen molar-refractivity contribution in [3.63, 3.8) is 0 Å². The van der Waals surface area contributed by atoms with Gasteiger partial charge in [0, 0.05) is 0 Å². The highest BCUT2D eigenvalue weighted by Crippen LogP contribution is 2.27. The van der Waals surface area contributed by atoms with Gasteiger partial charge in [0.1, 0.15) is 12.4 Å². The Bertz CT molecular complexity index is 432. The molecule has 5 heteroatoms. The van der Waals surface area contributed by atoms with E-state index in [0.29, 0.717) is 10.8 Å². The van der Waals surface area contributed by atoms with Gasteiger partial charge >= 0.3 is 5.97 Å². The third-order valence-electron chi connectivity index (χ3n) is 3.53. The molecule has 1 aromatic rings. The van der Waals surface area contributed by atoms with E-state index in [1.165, 1.54) is 0 Å². The van der Waals surface area contributed by atoms with E-state index in [9.17, 15) is 9.90 Å². The van der Waals surface area contributed by atoms with Gasteiger partial charge in [-0.3, -0.25) is 4.79 Å². The summed E-state index contributed by atoms with van der Waals surface area (Å²) >= 11 is 5.99. The maximum absolute atomic E-state index is 11.4. The van der Waals surface area contributed by atoms with E-state index in [4.69, 9.17) is 16.3 Å². The molecule has 1 aliphatic heterocycles. The molecule has 1 atom stereocenters. The molecule has 1 saturated heterocycles. The number of carboxylic acid groups (broad SMARTS) is 1. The first-order valence-electron chi connectivity index (χ1n) is 6.49. The number of carboxylic acids is 1. The van der Waals surface area contributed by atoms with Crippen molar-refractivity contribution >= 4 is 17.6 Å². The van der Waals surface area contributed by atoms with E-state index in [1.54, 1.807) is 12.1 Å². The summed E-state index contributed by atoms with van der Waals surface area (Å²) in [6.07, 6.45) is 1.76. The van der Waals surface area contributed by atoms with Crippen LogP contribution in [-0.4, -0.2) is 30.8 Å². The van der Waals surface area contributed by atoms with E-state index >= 15 is 0 Å². The first kappa shape index (κ1) is 14.2. The lowest BCUT2D eigenvalue weighted by atomic mass is 9.85. The van der Waals surface area contributed by atoms with Crippen LogP contribution in [0.4, 0.5) is 0 Å². The first-order chi connectivity index (χ1) is 9.18. The van der Waals surface area contributed by atoms with Gasteiger partial charge < -0.3 is 15.2 Å². The number of rotatable bonds is 5. The number of hydrogen-bond acceptors (Lipinski definition) is 3. The molecule has 4 nitrogen and oxygen atoms in total. The number of halogens is 1. The van der Waals surface area contributed by atoms with Crippen LogP contribution in [0.25, 0.3) is 0 Å². The van der Waals surface area contributed by atoms with Gasteiger partial charge in [0.25, 0.3) is 0 Å². The van der Waals surface area contributed by atoms with Gasteiger partial charge in [-0.1, -0.05) is 23.7 Å². The molecule has 1 heterocycles. The molecule has 0 spiro atoms. The summed E-state index contributed by atoms with van der Waals surface area (Å²) in [5, 5.41) is 13.1. The van der Waals surface area contributed by atoms with E-state index in [2.05, 4.69) is 5.32 Å². The summed E-state index contributed by atoms with van der Waals surface area (Å²) in [5.74, 6) is -0.553. The van der Waals surface area contributed by atoms with Crippen molar-refractivity contribution in [3.05, 3.63) is 29.3 Å². The molecular formula is C14H18ClNO3. The SMILES string of the molecule is O=C(O)C(COc1ccccc1Cl)C1CCNCC1. The second-order valence-corrected chi connectivity index (χ2v) is 5.18. The fourth-order valence-electron chi connectivity index (χ4n) is 2.40. The Morgan fingerprint density at radius 1 is 1.42 bits per heavy atom. The largest absolute Gasteiger partial charge is 0.491 e. The van der Waals surface area contributed by atoms with Crippen molar-refractivity contribution in [2.75, 3.05) is 19.7 Å². The molecule has 0 amide bonds. The van der Waals surface area contributed by atoms with Gasteiger partial charge in [-0.25, -0.2) is 0 Å². The number of para-hydroxylation sites is 1. The zero-order valence-electron chi connectivity index (χ0n) is 10.6. The summed E-state index contributed by atoms with van der Waals surface area (Å²) in [5.41, 5.74) is 0. The molecule has 0 bridgehead atoms. The monoisotopic (exact) mass is 283 g/mol. The maximum Gasteiger partial charge on any atom is 0.310 e. The second kappa shape index (κ2) is 6.78. The zero-order valence-corrected chi connectivity index (χ0v) is 11.4. The van der Waals surface area contributed by atoms with Crippen molar-refractivity contribution < 1.29 is 14.6 Å². The Labute approximate surface area is 117 Å². The Hall–Kier alpha value is -1.26. The molecule has 1 unspecified atom stereocenters. The lowest BCUT2D eigenvalue weighted by molar-refractivity contribution is -0.145. The van der Waals surface area contributed by atoms with Gasteiger partial charge in [-0.05, 0) is 44.0 Å². The third kappa shape index (κ3) is 3.85. The normalized spacial score (nSPS) is 17.9. The van der Waals surface area contributed by atoms with Gasteiger partial charge in [0.2, 0.25) is 0 Å². The van der Waals surface area contributed by atoms with Gasteiger partial charge in [0.15, 0.2) is 0 Å². The zero-order chi connectivity index (χ0) is 13.7. The summed E-state index contributed by atoms with van der Waals surface area (Å²) in [7, 11) is 0. The van der Waals surface area contributed by atoms with Gasteiger partial charge in [-0.2, -0.15) is 0 Å².